The minimum absolute atomic E-state index is 0.168. The van der Waals surface area contributed by atoms with E-state index in [2.05, 4.69) is 5.32 Å². The summed E-state index contributed by atoms with van der Waals surface area (Å²) in [6, 6.07) is 4.89. The summed E-state index contributed by atoms with van der Waals surface area (Å²) < 4.78 is 28.1. The Kier molecular flexibility index (Phi) is 5.58. The number of urea groups is 1. The number of piperidine rings is 1. The van der Waals surface area contributed by atoms with Gasteiger partial charge in [-0.15, -0.1) is 0 Å². The van der Waals surface area contributed by atoms with E-state index in [0.717, 1.165) is 12.8 Å². The van der Waals surface area contributed by atoms with Crippen LogP contribution in [-0.4, -0.2) is 37.1 Å². The van der Waals surface area contributed by atoms with E-state index in [-0.39, 0.29) is 5.56 Å². The largest absolute Gasteiger partial charge is 0.332 e. The minimum atomic E-state index is -3.13. The quantitative estimate of drug-likeness (QED) is 0.891. The van der Waals surface area contributed by atoms with Crippen molar-refractivity contribution in [3.05, 3.63) is 34.9 Å². The van der Waals surface area contributed by atoms with Crippen LogP contribution in [-0.2, 0) is 5.92 Å². The van der Waals surface area contributed by atoms with Gasteiger partial charge in [-0.1, -0.05) is 23.7 Å². The number of rotatable bonds is 4. The molecule has 22 heavy (non-hydrogen) atoms. The number of carbonyl (C=O) groups excluding carboxylic acids is 1. The molecule has 1 heterocycles. The second-order valence-corrected chi connectivity index (χ2v) is 5.97. The molecule has 0 aromatic heterocycles. The molecule has 1 aliphatic heterocycles. The Morgan fingerprint density at radius 3 is 2.45 bits per heavy atom. The number of benzene rings is 1. The molecule has 7 heteroatoms. The van der Waals surface area contributed by atoms with Crippen molar-refractivity contribution in [3.63, 3.8) is 0 Å². The summed E-state index contributed by atoms with van der Waals surface area (Å²) in [7, 11) is 0. The number of nitrogens with zero attached hydrogens (tertiary/aromatic N) is 1. The molecule has 1 aliphatic rings. The summed E-state index contributed by atoms with van der Waals surface area (Å²) in [6.45, 7) is 0.981. The van der Waals surface area contributed by atoms with Gasteiger partial charge in [0.05, 0.1) is 6.54 Å². The van der Waals surface area contributed by atoms with E-state index in [1.54, 1.807) is 4.90 Å². The highest BCUT2D eigenvalue weighted by molar-refractivity contribution is 6.30. The monoisotopic (exact) mass is 331 g/mol. The van der Waals surface area contributed by atoms with Crippen molar-refractivity contribution in [2.24, 2.45) is 11.7 Å². The lowest BCUT2D eigenvalue weighted by Gasteiger charge is -2.31. The number of amides is 2. The summed E-state index contributed by atoms with van der Waals surface area (Å²) in [5, 5.41) is 2.71. The molecule has 4 nitrogen and oxygen atoms in total. The zero-order chi connectivity index (χ0) is 16.2. The predicted octanol–water partition coefficient (Wildman–Crippen LogP) is 2.81. The van der Waals surface area contributed by atoms with E-state index in [1.165, 1.54) is 24.3 Å². The van der Waals surface area contributed by atoms with Gasteiger partial charge in [0.25, 0.3) is 5.92 Å². The van der Waals surface area contributed by atoms with E-state index >= 15 is 0 Å². The van der Waals surface area contributed by atoms with E-state index in [0.29, 0.717) is 30.6 Å². The highest BCUT2D eigenvalue weighted by atomic mass is 35.5. The molecule has 0 saturated carbocycles. The van der Waals surface area contributed by atoms with Crippen LogP contribution in [0.4, 0.5) is 13.6 Å². The Bertz CT molecular complexity index is 502. The van der Waals surface area contributed by atoms with Crippen LogP contribution >= 0.6 is 11.6 Å². The van der Waals surface area contributed by atoms with Gasteiger partial charge in [-0.05, 0) is 37.4 Å². The molecule has 1 aromatic rings. The third-order valence-corrected chi connectivity index (χ3v) is 4.22. The summed E-state index contributed by atoms with van der Waals surface area (Å²) in [5.74, 6) is -2.71. The first kappa shape index (κ1) is 17.0. The van der Waals surface area contributed by atoms with Gasteiger partial charge in [-0.3, -0.25) is 0 Å². The molecule has 122 valence electrons. The minimum Gasteiger partial charge on any atom is -0.332 e. The van der Waals surface area contributed by atoms with Gasteiger partial charge in [0.1, 0.15) is 0 Å². The number of carbonyl (C=O) groups is 1. The average molecular weight is 332 g/mol. The van der Waals surface area contributed by atoms with E-state index in [1.807, 2.05) is 0 Å². The lowest BCUT2D eigenvalue weighted by Crippen LogP contribution is -2.47. The number of hydrogen-bond acceptors (Lipinski definition) is 2. The fraction of sp³-hybridized carbons (Fsp3) is 0.533. The second-order valence-electron chi connectivity index (χ2n) is 5.54. The lowest BCUT2D eigenvalue weighted by molar-refractivity contribution is -0.00186. The fourth-order valence-electron chi connectivity index (χ4n) is 2.47. The molecular formula is C15H20ClF2N3O. The SMILES string of the molecule is NCC1CCN(C(=O)NCC(F)(F)c2ccc(Cl)cc2)CC1. The maximum atomic E-state index is 14.0. The van der Waals surface area contributed by atoms with Crippen molar-refractivity contribution in [2.45, 2.75) is 18.8 Å². The highest BCUT2D eigenvalue weighted by Crippen LogP contribution is 2.28. The third kappa shape index (κ3) is 4.30. The van der Waals surface area contributed by atoms with E-state index in [4.69, 9.17) is 17.3 Å². The molecule has 1 saturated heterocycles. The summed E-state index contributed by atoms with van der Waals surface area (Å²) in [4.78, 5) is 13.5. The van der Waals surface area contributed by atoms with Crippen molar-refractivity contribution in [3.8, 4) is 0 Å². The van der Waals surface area contributed by atoms with Crippen LogP contribution in [0, 0.1) is 5.92 Å². The molecule has 1 aromatic carbocycles. The molecule has 0 radical (unpaired) electrons. The first-order chi connectivity index (χ1) is 10.4. The van der Waals surface area contributed by atoms with Gasteiger partial charge < -0.3 is 16.0 Å². The van der Waals surface area contributed by atoms with E-state index < -0.39 is 18.5 Å². The van der Waals surface area contributed by atoms with Gasteiger partial charge in [0.15, 0.2) is 0 Å². The average Bonchev–Trinajstić information content (AvgIpc) is 2.53. The molecule has 1 fully saturated rings. The Morgan fingerprint density at radius 1 is 1.32 bits per heavy atom. The topological polar surface area (TPSA) is 58.4 Å². The Balaban J connectivity index is 1.86. The number of nitrogens with one attached hydrogen (secondary N) is 1. The Morgan fingerprint density at radius 2 is 1.91 bits per heavy atom. The van der Waals surface area contributed by atoms with Gasteiger partial charge in [0, 0.05) is 23.7 Å². The van der Waals surface area contributed by atoms with E-state index in [9.17, 15) is 13.6 Å². The van der Waals surface area contributed by atoms with Crippen molar-refractivity contribution in [1.29, 1.82) is 0 Å². The van der Waals surface area contributed by atoms with Gasteiger partial charge in [-0.2, -0.15) is 8.78 Å². The maximum absolute atomic E-state index is 14.0. The number of alkyl halides is 2. The first-order valence-electron chi connectivity index (χ1n) is 7.29. The van der Waals surface area contributed by atoms with Crippen LogP contribution in [0.5, 0.6) is 0 Å². The maximum Gasteiger partial charge on any atom is 0.317 e. The molecule has 0 aliphatic carbocycles. The molecule has 3 N–H and O–H groups in total. The molecule has 2 amide bonds. The molecular weight excluding hydrogens is 312 g/mol. The number of nitrogens with two attached hydrogens (primary N) is 1. The number of halogens is 3. The zero-order valence-corrected chi connectivity index (χ0v) is 13.0. The Labute approximate surface area is 133 Å². The Hall–Kier alpha value is -1.40. The van der Waals surface area contributed by atoms with Crippen LogP contribution < -0.4 is 11.1 Å². The normalized spacial score (nSPS) is 16.6. The molecule has 2 rings (SSSR count). The standard InChI is InChI=1S/C15H20ClF2N3O/c16-13-3-1-12(2-4-13)15(17,18)10-20-14(22)21-7-5-11(9-19)6-8-21/h1-4,11H,5-10,19H2,(H,20,22). The molecule has 0 spiro atoms. The summed E-state index contributed by atoms with van der Waals surface area (Å²) in [5.41, 5.74) is 5.42. The highest BCUT2D eigenvalue weighted by Gasteiger charge is 2.33. The smallest absolute Gasteiger partial charge is 0.317 e. The van der Waals surface area contributed by atoms with Crippen molar-refractivity contribution in [2.75, 3.05) is 26.2 Å². The van der Waals surface area contributed by atoms with Gasteiger partial charge in [-0.25, -0.2) is 4.79 Å². The third-order valence-electron chi connectivity index (χ3n) is 3.96. The van der Waals surface area contributed by atoms with Crippen LogP contribution in [0.3, 0.4) is 0 Å². The lowest BCUT2D eigenvalue weighted by atomic mass is 9.97. The van der Waals surface area contributed by atoms with Crippen molar-refractivity contribution < 1.29 is 13.6 Å². The fourth-order valence-corrected chi connectivity index (χ4v) is 2.59. The van der Waals surface area contributed by atoms with Crippen LogP contribution in [0.2, 0.25) is 5.02 Å². The van der Waals surface area contributed by atoms with Crippen LogP contribution in [0.15, 0.2) is 24.3 Å². The van der Waals surface area contributed by atoms with Gasteiger partial charge in [0.2, 0.25) is 0 Å². The molecule has 0 bridgehead atoms. The zero-order valence-electron chi connectivity index (χ0n) is 12.2. The molecule has 0 unspecified atom stereocenters. The number of likely N-dealkylation sites (tertiary alicyclic amines) is 1. The van der Waals surface area contributed by atoms with Crippen LogP contribution in [0.1, 0.15) is 18.4 Å². The summed E-state index contributed by atoms with van der Waals surface area (Å²) in [6.07, 6.45) is 1.63. The van der Waals surface area contributed by atoms with Crippen LogP contribution in [0.25, 0.3) is 0 Å². The molecule has 0 atom stereocenters. The van der Waals surface area contributed by atoms with Crippen molar-refractivity contribution in [1.82, 2.24) is 10.2 Å². The summed E-state index contributed by atoms with van der Waals surface area (Å²) >= 11 is 5.68. The number of hydrogen-bond donors (Lipinski definition) is 2. The predicted molar refractivity (Wildman–Crippen MR) is 82.1 cm³/mol. The second kappa shape index (κ2) is 7.24. The van der Waals surface area contributed by atoms with Gasteiger partial charge >= 0.3 is 6.03 Å². The van der Waals surface area contributed by atoms with Crippen molar-refractivity contribution >= 4 is 17.6 Å². The first-order valence-corrected chi connectivity index (χ1v) is 7.67.